The lowest BCUT2D eigenvalue weighted by atomic mass is 10.2. The van der Waals surface area contributed by atoms with Crippen LogP contribution in [-0.4, -0.2) is 31.1 Å². The van der Waals surface area contributed by atoms with Crippen LogP contribution >= 0.6 is 35.3 Å². The van der Waals surface area contributed by atoms with Crippen LogP contribution in [0, 0.1) is 6.92 Å². The predicted molar refractivity (Wildman–Crippen MR) is 107 cm³/mol. The molecule has 0 spiro atoms. The van der Waals surface area contributed by atoms with E-state index in [4.69, 9.17) is 4.74 Å². The van der Waals surface area contributed by atoms with Crippen LogP contribution in [0.2, 0.25) is 0 Å². The Hall–Kier alpha value is -1.56. The number of halogens is 4. The summed E-state index contributed by atoms with van der Waals surface area (Å²) < 4.78 is 43.1. The Morgan fingerprint density at radius 1 is 1.23 bits per heavy atom. The molecule has 0 aliphatic carbocycles. The number of aromatic nitrogens is 1. The number of hydrogen-bond acceptors (Lipinski definition) is 4. The Morgan fingerprint density at radius 3 is 2.50 bits per heavy atom. The van der Waals surface area contributed by atoms with E-state index in [1.807, 2.05) is 31.2 Å². The summed E-state index contributed by atoms with van der Waals surface area (Å²) in [5.74, 6) is 1.24. The second kappa shape index (κ2) is 10.6. The minimum absolute atomic E-state index is 0. The molecule has 144 valence electrons. The number of hydrogen-bond donors (Lipinski definition) is 2. The highest BCUT2D eigenvalue weighted by Crippen LogP contribution is 2.29. The zero-order chi connectivity index (χ0) is 18.3. The van der Waals surface area contributed by atoms with Crippen molar-refractivity contribution >= 4 is 41.3 Å². The largest absolute Gasteiger partial charge is 0.492 e. The Balaban J connectivity index is 0.00000338. The normalized spacial score (nSPS) is 11.7. The van der Waals surface area contributed by atoms with Gasteiger partial charge < -0.3 is 15.4 Å². The highest BCUT2D eigenvalue weighted by molar-refractivity contribution is 14.0. The highest BCUT2D eigenvalue weighted by Gasteiger charge is 2.33. The number of nitrogens with zero attached hydrogens (tertiary/aromatic N) is 2. The third-order valence-corrected chi connectivity index (χ3v) is 4.01. The quantitative estimate of drug-likeness (QED) is 0.274. The Labute approximate surface area is 171 Å². The summed E-state index contributed by atoms with van der Waals surface area (Å²) in [6.45, 7) is 3.10. The molecule has 1 aromatic heterocycles. The maximum Gasteiger partial charge on any atom is 0.434 e. The van der Waals surface area contributed by atoms with Crippen molar-refractivity contribution in [3.63, 3.8) is 0 Å². The summed E-state index contributed by atoms with van der Waals surface area (Å²) in [5, 5.41) is 7.29. The van der Waals surface area contributed by atoms with Crippen LogP contribution in [-0.2, 0) is 12.7 Å². The van der Waals surface area contributed by atoms with Crippen molar-refractivity contribution in [1.82, 2.24) is 15.6 Å². The Kier molecular flexibility index (Phi) is 9.13. The summed E-state index contributed by atoms with van der Waals surface area (Å²) >= 11 is 0.955. The van der Waals surface area contributed by atoms with Gasteiger partial charge in [0.2, 0.25) is 0 Å². The van der Waals surface area contributed by atoms with E-state index in [1.54, 1.807) is 7.05 Å². The molecule has 2 rings (SSSR count). The summed E-state index contributed by atoms with van der Waals surface area (Å²) in [4.78, 5) is 7.56. The number of thiazole rings is 1. The number of nitrogens with one attached hydrogen (secondary N) is 2. The van der Waals surface area contributed by atoms with Crippen LogP contribution in [0.3, 0.4) is 0 Å². The van der Waals surface area contributed by atoms with E-state index < -0.39 is 11.9 Å². The van der Waals surface area contributed by atoms with Crippen LogP contribution < -0.4 is 15.4 Å². The van der Waals surface area contributed by atoms with Gasteiger partial charge in [0.05, 0.1) is 13.1 Å². The monoisotopic (exact) mass is 500 g/mol. The molecule has 2 aromatic rings. The third kappa shape index (κ3) is 7.36. The average Bonchev–Trinajstić information content (AvgIpc) is 3.05. The lowest BCUT2D eigenvalue weighted by Crippen LogP contribution is -2.38. The first-order chi connectivity index (χ1) is 11.9. The fraction of sp³-hybridized carbons (Fsp3) is 0.375. The van der Waals surface area contributed by atoms with Crippen molar-refractivity contribution in [2.45, 2.75) is 19.6 Å². The van der Waals surface area contributed by atoms with Crippen molar-refractivity contribution in [1.29, 1.82) is 0 Å². The molecule has 0 saturated heterocycles. The maximum atomic E-state index is 12.5. The van der Waals surface area contributed by atoms with Crippen LogP contribution in [0.1, 0.15) is 16.3 Å². The van der Waals surface area contributed by atoms with Gasteiger partial charge in [-0.15, -0.1) is 35.3 Å². The summed E-state index contributed by atoms with van der Waals surface area (Å²) in [6.07, 6.45) is -4.41. The van der Waals surface area contributed by atoms with Crippen LogP contribution in [0.5, 0.6) is 5.75 Å². The van der Waals surface area contributed by atoms with Crippen molar-refractivity contribution < 1.29 is 17.9 Å². The number of aliphatic imine (C=N–C) groups is 1. The lowest BCUT2D eigenvalue weighted by Gasteiger charge is -2.11. The molecule has 0 fully saturated rings. The van der Waals surface area contributed by atoms with Crippen LogP contribution in [0.15, 0.2) is 34.6 Å². The number of rotatable bonds is 6. The van der Waals surface area contributed by atoms with Crippen molar-refractivity contribution in [3.05, 3.63) is 45.9 Å². The molecule has 2 N–H and O–H groups in total. The molecule has 0 aliphatic heterocycles. The molecular weight excluding hydrogens is 480 g/mol. The van der Waals surface area contributed by atoms with Gasteiger partial charge in [0.15, 0.2) is 11.7 Å². The fourth-order valence-corrected chi connectivity index (χ4v) is 2.62. The molecular formula is C16H20F3IN4OS. The molecule has 0 aliphatic rings. The third-order valence-electron chi connectivity index (χ3n) is 3.16. The van der Waals surface area contributed by atoms with Gasteiger partial charge in [-0.25, -0.2) is 4.98 Å². The molecule has 1 heterocycles. The molecule has 0 saturated carbocycles. The van der Waals surface area contributed by atoms with E-state index in [9.17, 15) is 13.2 Å². The summed E-state index contributed by atoms with van der Waals surface area (Å²) in [7, 11) is 1.58. The molecule has 0 amide bonds. The van der Waals surface area contributed by atoms with E-state index >= 15 is 0 Å². The van der Waals surface area contributed by atoms with Gasteiger partial charge in [-0.3, -0.25) is 4.99 Å². The molecule has 0 radical (unpaired) electrons. The lowest BCUT2D eigenvalue weighted by molar-refractivity contribution is -0.140. The molecule has 5 nitrogen and oxygen atoms in total. The SMILES string of the molecule is CN=C(NCCOc1ccc(C)cc1)NCc1nc(C(F)(F)F)cs1.I. The fourth-order valence-electron chi connectivity index (χ4n) is 1.88. The van der Waals surface area contributed by atoms with Crippen LogP contribution in [0.25, 0.3) is 0 Å². The van der Waals surface area contributed by atoms with Gasteiger partial charge in [0.1, 0.15) is 17.4 Å². The topological polar surface area (TPSA) is 58.5 Å². The smallest absolute Gasteiger partial charge is 0.434 e. The summed E-state index contributed by atoms with van der Waals surface area (Å²) in [6, 6.07) is 7.71. The van der Waals surface area contributed by atoms with E-state index in [-0.39, 0.29) is 30.5 Å². The van der Waals surface area contributed by atoms with Crippen molar-refractivity contribution in [3.8, 4) is 5.75 Å². The molecule has 0 atom stereocenters. The summed E-state index contributed by atoms with van der Waals surface area (Å²) in [5.41, 5.74) is 0.287. The van der Waals surface area contributed by atoms with Gasteiger partial charge >= 0.3 is 6.18 Å². The van der Waals surface area contributed by atoms with Gasteiger partial charge in [-0.2, -0.15) is 13.2 Å². The standard InChI is InChI=1S/C16H19F3N4OS.HI/c1-11-3-5-12(6-4-11)24-8-7-21-15(20-2)22-9-14-23-13(10-25-14)16(17,18)19;/h3-6,10H,7-9H2,1-2H3,(H2,20,21,22);1H. The van der Waals surface area contributed by atoms with Crippen LogP contribution in [0.4, 0.5) is 13.2 Å². The predicted octanol–water partition coefficient (Wildman–Crippen LogP) is 3.83. The average molecular weight is 500 g/mol. The Morgan fingerprint density at radius 2 is 1.92 bits per heavy atom. The minimum atomic E-state index is -4.41. The van der Waals surface area contributed by atoms with E-state index in [0.29, 0.717) is 24.1 Å². The van der Waals surface area contributed by atoms with E-state index in [2.05, 4.69) is 20.6 Å². The Bertz CT molecular complexity index is 704. The van der Waals surface area contributed by atoms with Gasteiger partial charge in [-0.05, 0) is 19.1 Å². The van der Waals surface area contributed by atoms with Crippen molar-refractivity contribution in [2.75, 3.05) is 20.2 Å². The molecule has 26 heavy (non-hydrogen) atoms. The van der Waals surface area contributed by atoms with Gasteiger partial charge in [0, 0.05) is 12.4 Å². The molecule has 0 unspecified atom stereocenters. The second-order valence-corrected chi connectivity index (χ2v) is 6.08. The number of guanidine groups is 1. The van der Waals surface area contributed by atoms with Gasteiger partial charge in [-0.1, -0.05) is 17.7 Å². The molecule has 1 aromatic carbocycles. The first-order valence-corrected chi connectivity index (χ1v) is 8.42. The van der Waals surface area contributed by atoms with Gasteiger partial charge in [0.25, 0.3) is 0 Å². The van der Waals surface area contributed by atoms with Crippen molar-refractivity contribution in [2.24, 2.45) is 4.99 Å². The maximum absolute atomic E-state index is 12.5. The molecule has 10 heteroatoms. The highest BCUT2D eigenvalue weighted by atomic mass is 127. The number of benzene rings is 1. The zero-order valence-corrected chi connectivity index (χ0v) is 17.4. The zero-order valence-electron chi connectivity index (χ0n) is 14.3. The number of alkyl halides is 3. The first kappa shape index (κ1) is 22.5. The van der Waals surface area contributed by atoms with E-state index in [1.165, 1.54) is 0 Å². The number of ether oxygens (including phenoxy) is 1. The number of aryl methyl sites for hydroxylation is 1. The second-order valence-electron chi connectivity index (χ2n) is 5.14. The van der Waals surface area contributed by atoms with E-state index in [0.717, 1.165) is 28.0 Å². The molecule has 0 bridgehead atoms. The minimum Gasteiger partial charge on any atom is -0.492 e. The first-order valence-electron chi connectivity index (χ1n) is 7.54.